The average Bonchev–Trinajstić information content (AvgIpc) is 4.08. The monoisotopic (exact) mass is 856 g/mol. The van der Waals surface area contributed by atoms with Crippen molar-refractivity contribution in [1.29, 1.82) is 0 Å². The van der Waals surface area contributed by atoms with Gasteiger partial charge in [0.25, 0.3) is 5.91 Å². The number of aromatic nitrogens is 2. The Kier molecular flexibility index (Phi) is 13.5. The first kappa shape index (κ1) is 44.9. The van der Waals surface area contributed by atoms with Crippen LogP contribution in [0.4, 0.5) is 21.2 Å². The molecule has 1 aromatic heterocycles. The van der Waals surface area contributed by atoms with Crippen molar-refractivity contribution in [2.45, 2.75) is 95.1 Å². The highest BCUT2D eigenvalue weighted by Crippen LogP contribution is 2.44. The molecule has 2 aromatic carbocycles. The third-order valence-corrected chi connectivity index (χ3v) is 12.3. The number of likely N-dealkylation sites (tertiary alicyclic amines) is 1. The smallest absolute Gasteiger partial charge is 0.409 e. The second kappa shape index (κ2) is 18.7. The number of amides is 3. The van der Waals surface area contributed by atoms with Crippen LogP contribution in [-0.4, -0.2) is 147 Å². The van der Waals surface area contributed by atoms with Gasteiger partial charge >= 0.3 is 12.2 Å². The van der Waals surface area contributed by atoms with Gasteiger partial charge < -0.3 is 49.2 Å². The largest absolute Gasteiger partial charge is 0.482 e. The van der Waals surface area contributed by atoms with Gasteiger partial charge in [0, 0.05) is 76.0 Å². The second-order valence-electron chi connectivity index (χ2n) is 18.4. The molecule has 3 aromatic rings. The van der Waals surface area contributed by atoms with E-state index in [1.807, 2.05) is 81.2 Å². The molecule has 0 radical (unpaired) electrons. The van der Waals surface area contributed by atoms with E-state index in [0.717, 1.165) is 81.3 Å². The molecule has 16 heteroatoms. The Morgan fingerprint density at radius 2 is 1.69 bits per heavy atom. The lowest BCUT2D eigenvalue weighted by Crippen LogP contribution is -2.57. The Balaban J connectivity index is 1.23. The molecule has 1 unspecified atom stereocenters. The molecule has 1 saturated carbocycles. The van der Waals surface area contributed by atoms with E-state index >= 15 is 0 Å². The van der Waals surface area contributed by atoms with Crippen LogP contribution in [-0.2, 0) is 29.3 Å². The van der Waals surface area contributed by atoms with Gasteiger partial charge in [-0.05, 0) is 97.0 Å². The van der Waals surface area contributed by atoms with E-state index in [9.17, 15) is 14.4 Å². The first-order valence-corrected chi connectivity index (χ1v) is 22.0. The molecule has 2 saturated heterocycles. The van der Waals surface area contributed by atoms with Crippen molar-refractivity contribution in [3.8, 4) is 0 Å². The molecule has 1 aliphatic carbocycles. The Bertz CT molecular complexity index is 2090. The minimum absolute atomic E-state index is 0.0566. The first-order valence-electron chi connectivity index (χ1n) is 22.0. The summed E-state index contributed by atoms with van der Waals surface area (Å²) >= 11 is 0. The van der Waals surface area contributed by atoms with Crippen molar-refractivity contribution in [1.82, 2.24) is 35.3 Å². The van der Waals surface area contributed by atoms with Gasteiger partial charge in [-0.15, -0.1) is 0 Å². The van der Waals surface area contributed by atoms with Gasteiger partial charge in [0.2, 0.25) is 11.8 Å². The maximum Gasteiger partial charge on any atom is 0.409 e. The summed E-state index contributed by atoms with van der Waals surface area (Å²) in [7, 11) is 6.88. The van der Waals surface area contributed by atoms with Crippen LogP contribution in [0.5, 0.6) is 0 Å². The van der Waals surface area contributed by atoms with Crippen LogP contribution in [0.1, 0.15) is 77.5 Å². The summed E-state index contributed by atoms with van der Waals surface area (Å²) in [6.45, 7) is 12.3. The summed E-state index contributed by atoms with van der Waals surface area (Å²) in [4.78, 5) is 59.5. The number of alkyl carbamates (subject to hydrolysis) is 1. The highest BCUT2D eigenvalue weighted by Gasteiger charge is 2.46. The number of carbonyl (C=O) groups excluding carboxylic acids is 3. The number of fused-ring (bicyclic) bond motifs is 1. The molecule has 62 heavy (non-hydrogen) atoms. The Morgan fingerprint density at radius 1 is 0.984 bits per heavy atom. The number of ether oxygens (including phenoxy) is 4. The summed E-state index contributed by atoms with van der Waals surface area (Å²) in [5.74, 6) is 0.867. The Labute approximate surface area is 365 Å². The molecule has 0 bridgehead atoms. The second-order valence-corrected chi connectivity index (χ2v) is 18.4. The zero-order valence-electron chi connectivity index (χ0n) is 37.7. The van der Waals surface area contributed by atoms with Crippen molar-refractivity contribution in [3.05, 3.63) is 71.7 Å². The molecule has 4 heterocycles. The lowest BCUT2D eigenvalue weighted by atomic mass is 9.87. The van der Waals surface area contributed by atoms with Crippen molar-refractivity contribution in [2.75, 3.05) is 90.6 Å². The standard InChI is InChI=1S/C46H65N9O7/c1-44(2,3)62-42(57)50-45(4)20-25-53(26-21-45)33-18-23-54(24-19-33)41-48-37-17-14-34(55-31-52(7)38(56)29-39(55)59-8)28-36(37)40(49-41)46(61-35-15-16-35,32-12-10-9-11-13-32)30-60-43(58)51(6)27-22-47-5/h9-14,17,28-29,33,35,47H,15-16,18-27,30-31H2,1-8H3,(H,50,57). The van der Waals surface area contributed by atoms with E-state index in [-0.39, 0.29) is 36.9 Å². The molecule has 3 fully saturated rings. The van der Waals surface area contributed by atoms with Crippen LogP contribution in [0.3, 0.4) is 0 Å². The van der Waals surface area contributed by atoms with Gasteiger partial charge in [-0.3, -0.25) is 9.69 Å². The third kappa shape index (κ3) is 10.4. The van der Waals surface area contributed by atoms with Crippen LogP contribution >= 0.6 is 0 Å². The van der Waals surface area contributed by atoms with Gasteiger partial charge in [-0.1, -0.05) is 30.3 Å². The maximum absolute atomic E-state index is 13.6. The molecule has 336 valence electrons. The number of nitrogens with zero attached hydrogens (tertiary/aromatic N) is 7. The fourth-order valence-electron chi connectivity index (χ4n) is 8.50. The lowest BCUT2D eigenvalue weighted by Gasteiger charge is -2.45. The molecule has 3 aliphatic heterocycles. The first-order chi connectivity index (χ1) is 29.6. The SMILES string of the molecule is CNCCN(C)C(=O)OCC(OC1CC1)(c1ccccc1)c1nc(N2CCC(N3CCC(C)(NC(=O)OC(C)(C)C)CC3)CC2)nc2ccc(N3CN(C)C(=O)C=C3OC)cc12. The van der Waals surface area contributed by atoms with Gasteiger partial charge in [-0.2, -0.15) is 0 Å². The quantitative estimate of drug-likeness (QED) is 0.213. The zero-order valence-corrected chi connectivity index (χ0v) is 37.7. The molecular weight excluding hydrogens is 791 g/mol. The number of methoxy groups -OCH3 is 1. The summed E-state index contributed by atoms with van der Waals surface area (Å²) in [6, 6.07) is 16.3. The van der Waals surface area contributed by atoms with E-state index in [0.29, 0.717) is 42.2 Å². The lowest BCUT2D eigenvalue weighted by molar-refractivity contribution is -0.125. The van der Waals surface area contributed by atoms with E-state index in [2.05, 4.69) is 27.4 Å². The van der Waals surface area contributed by atoms with Crippen molar-refractivity contribution >= 4 is 40.6 Å². The number of rotatable bonds is 14. The maximum atomic E-state index is 13.6. The highest BCUT2D eigenvalue weighted by molar-refractivity contribution is 5.91. The van der Waals surface area contributed by atoms with Gasteiger partial charge in [0.15, 0.2) is 5.60 Å². The number of benzene rings is 2. The van der Waals surface area contributed by atoms with E-state index in [4.69, 9.17) is 28.9 Å². The molecule has 3 amide bonds. The van der Waals surface area contributed by atoms with Crippen LogP contribution in [0.2, 0.25) is 0 Å². The van der Waals surface area contributed by atoms with Crippen molar-refractivity contribution in [3.63, 3.8) is 0 Å². The van der Waals surface area contributed by atoms with E-state index in [1.165, 1.54) is 6.08 Å². The van der Waals surface area contributed by atoms with Gasteiger partial charge in [0.05, 0.1) is 30.5 Å². The van der Waals surface area contributed by atoms with Crippen LogP contribution in [0.15, 0.2) is 60.5 Å². The van der Waals surface area contributed by atoms with Crippen LogP contribution < -0.4 is 20.4 Å². The molecular formula is C46H65N9O7. The highest BCUT2D eigenvalue weighted by atomic mass is 16.6. The fraction of sp³-hybridized carbons (Fsp3) is 0.587. The topological polar surface area (TPSA) is 154 Å². The number of nitrogens with one attached hydrogen (secondary N) is 2. The summed E-state index contributed by atoms with van der Waals surface area (Å²) in [6.07, 6.45) is 5.89. The van der Waals surface area contributed by atoms with Gasteiger partial charge in [-0.25, -0.2) is 19.6 Å². The van der Waals surface area contributed by atoms with Crippen LogP contribution in [0.25, 0.3) is 10.9 Å². The molecule has 16 nitrogen and oxygen atoms in total. The van der Waals surface area contributed by atoms with Crippen LogP contribution in [0, 0.1) is 0 Å². The summed E-state index contributed by atoms with van der Waals surface area (Å²) in [5.41, 5.74) is 0.743. The molecule has 2 N–H and O–H groups in total. The number of anilines is 2. The zero-order chi connectivity index (χ0) is 44.2. The Morgan fingerprint density at radius 3 is 2.34 bits per heavy atom. The van der Waals surface area contributed by atoms with Gasteiger partial charge in [0.1, 0.15) is 18.9 Å². The molecule has 1 atom stereocenters. The summed E-state index contributed by atoms with van der Waals surface area (Å²) in [5, 5.41) is 6.97. The molecule has 0 spiro atoms. The molecule has 7 rings (SSSR count). The minimum atomic E-state index is -1.29. The number of carbonyl (C=O) groups is 3. The number of hydrogen-bond donors (Lipinski definition) is 2. The summed E-state index contributed by atoms with van der Waals surface area (Å²) < 4.78 is 24.6. The third-order valence-electron chi connectivity index (χ3n) is 12.3. The number of likely N-dealkylation sites (N-methyl/N-ethyl adjacent to an activating group) is 3. The average molecular weight is 856 g/mol. The Hall–Kier alpha value is -5.19. The van der Waals surface area contributed by atoms with E-state index in [1.54, 1.807) is 31.0 Å². The number of piperidine rings is 2. The predicted molar refractivity (Wildman–Crippen MR) is 238 cm³/mol. The predicted octanol–water partition coefficient (Wildman–Crippen LogP) is 5.41. The molecule has 4 aliphatic rings. The van der Waals surface area contributed by atoms with Crippen molar-refractivity contribution in [2.24, 2.45) is 0 Å². The number of hydrogen-bond acceptors (Lipinski definition) is 13. The van der Waals surface area contributed by atoms with Crippen molar-refractivity contribution < 1.29 is 33.3 Å². The van der Waals surface area contributed by atoms with E-state index < -0.39 is 17.3 Å². The normalized spacial score (nSPS) is 19.8. The fourth-order valence-corrected chi connectivity index (χ4v) is 8.50. The minimum Gasteiger partial charge on any atom is -0.482 e.